The van der Waals surface area contributed by atoms with Crippen molar-refractivity contribution in [2.24, 2.45) is 0 Å². The number of ether oxygens (including phenoxy) is 2. The molecular formula is C28H33NO2. The van der Waals surface area contributed by atoms with E-state index in [-0.39, 0.29) is 11.5 Å². The van der Waals surface area contributed by atoms with Crippen molar-refractivity contribution >= 4 is 5.69 Å². The molecule has 3 nitrogen and oxygen atoms in total. The van der Waals surface area contributed by atoms with Gasteiger partial charge in [-0.2, -0.15) is 0 Å². The number of rotatable bonds is 5. The lowest BCUT2D eigenvalue weighted by atomic mass is 9.78. The van der Waals surface area contributed by atoms with Gasteiger partial charge in [0.1, 0.15) is 23.7 Å². The van der Waals surface area contributed by atoms with Crippen LogP contribution >= 0.6 is 0 Å². The van der Waals surface area contributed by atoms with E-state index in [1.165, 1.54) is 33.5 Å². The van der Waals surface area contributed by atoms with Crippen molar-refractivity contribution in [1.82, 2.24) is 0 Å². The molecule has 0 saturated carbocycles. The molecule has 3 aromatic rings. The van der Waals surface area contributed by atoms with Crippen LogP contribution in [-0.2, 0) is 6.61 Å². The van der Waals surface area contributed by atoms with E-state index >= 15 is 0 Å². The molecule has 31 heavy (non-hydrogen) atoms. The molecule has 1 heterocycles. The van der Waals surface area contributed by atoms with Crippen LogP contribution in [0.1, 0.15) is 53.1 Å². The van der Waals surface area contributed by atoms with Crippen molar-refractivity contribution in [2.45, 2.75) is 52.7 Å². The summed E-state index contributed by atoms with van der Waals surface area (Å²) in [4.78, 5) is 2.13. The normalized spacial score (nSPS) is 16.5. The van der Waals surface area contributed by atoms with Crippen molar-refractivity contribution in [1.29, 1.82) is 0 Å². The molecule has 0 saturated heterocycles. The quantitative estimate of drug-likeness (QED) is 0.471. The van der Waals surface area contributed by atoms with Crippen LogP contribution in [0.25, 0.3) is 0 Å². The highest BCUT2D eigenvalue weighted by molar-refractivity contribution is 5.64. The number of benzene rings is 3. The minimum atomic E-state index is -0.331. The summed E-state index contributed by atoms with van der Waals surface area (Å²) in [5.41, 5.74) is 8.08. The molecule has 0 aromatic heterocycles. The van der Waals surface area contributed by atoms with E-state index in [0.29, 0.717) is 6.61 Å². The molecule has 1 unspecified atom stereocenters. The first kappa shape index (κ1) is 21.3. The van der Waals surface area contributed by atoms with Crippen LogP contribution in [0.5, 0.6) is 11.5 Å². The highest BCUT2D eigenvalue weighted by atomic mass is 16.5. The van der Waals surface area contributed by atoms with Crippen molar-refractivity contribution in [3.8, 4) is 11.5 Å². The van der Waals surface area contributed by atoms with E-state index in [0.717, 1.165) is 17.1 Å². The number of fused-ring (bicyclic) bond motifs is 1. The highest BCUT2D eigenvalue weighted by Gasteiger charge is 2.45. The van der Waals surface area contributed by atoms with Crippen LogP contribution in [0.2, 0.25) is 0 Å². The van der Waals surface area contributed by atoms with Crippen molar-refractivity contribution in [3.05, 3.63) is 88.0 Å². The molecule has 3 aromatic carbocycles. The molecule has 162 valence electrons. The Morgan fingerprint density at radius 3 is 2.13 bits per heavy atom. The summed E-state index contributed by atoms with van der Waals surface area (Å²) in [7, 11) is 4.14. The summed E-state index contributed by atoms with van der Waals surface area (Å²) < 4.78 is 13.0. The second-order valence-electron chi connectivity index (χ2n) is 9.35. The molecule has 0 bridgehead atoms. The fourth-order valence-corrected chi connectivity index (χ4v) is 4.74. The SMILES string of the molecule is Cc1c(C)c2c(c(C)c1OCc1ccccc1)C(c1ccc(N(C)C)cc1)C(C)(C)O2. The Morgan fingerprint density at radius 1 is 0.871 bits per heavy atom. The molecule has 1 aliphatic rings. The van der Waals surface area contributed by atoms with Gasteiger partial charge < -0.3 is 14.4 Å². The van der Waals surface area contributed by atoms with Gasteiger partial charge in [-0.3, -0.25) is 0 Å². The fourth-order valence-electron chi connectivity index (χ4n) is 4.74. The Morgan fingerprint density at radius 2 is 1.52 bits per heavy atom. The zero-order valence-corrected chi connectivity index (χ0v) is 19.7. The summed E-state index contributed by atoms with van der Waals surface area (Å²) in [5, 5.41) is 0. The van der Waals surface area contributed by atoms with Crippen molar-refractivity contribution in [2.75, 3.05) is 19.0 Å². The van der Waals surface area contributed by atoms with Crippen LogP contribution in [0.4, 0.5) is 5.69 Å². The average molecular weight is 416 g/mol. The molecule has 4 rings (SSSR count). The number of nitrogens with zero attached hydrogens (tertiary/aromatic N) is 1. The average Bonchev–Trinajstić information content (AvgIpc) is 3.04. The summed E-state index contributed by atoms with van der Waals surface area (Å²) in [6.45, 7) is 11.4. The zero-order valence-electron chi connectivity index (χ0n) is 19.7. The van der Waals surface area contributed by atoms with E-state index in [1.54, 1.807) is 0 Å². The van der Waals surface area contributed by atoms with Crippen molar-refractivity contribution < 1.29 is 9.47 Å². The highest BCUT2D eigenvalue weighted by Crippen LogP contribution is 2.54. The first-order chi connectivity index (χ1) is 14.7. The van der Waals surface area contributed by atoms with Gasteiger partial charge in [0.2, 0.25) is 0 Å². The minimum Gasteiger partial charge on any atom is -0.488 e. The van der Waals surface area contributed by atoms with E-state index in [2.05, 4.69) is 102 Å². The lowest BCUT2D eigenvalue weighted by Crippen LogP contribution is -2.31. The maximum absolute atomic E-state index is 6.58. The lowest BCUT2D eigenvalue weighted by Gasteiger charge is -2.28. The Kier molecular flexibility index (Phi) is 5.47. The largest absolute Gasteiger partial charge is 0.488 e. The van der Waals surface area contributed by atoms with E-state index in [4.69, 9.17) is 9.47 Å². The topological polar surface area (TPSA) is 21.7 Å². The van der Waals surface area contributed by atoms with E-state index < -0.39 is 0 Å². The van der Waals surface area contributed by atoms with Gasteiger partial charge in [-0.1, -0.05) is 42.5 Å². The predicted molar refractivity (Wildman–Crippen MR) is 129 cm³/mol. The number of hydrogen-bond donors (Lipinski definition) is 0. The molecule has 0 N–H and O–H groups in total. The second kappa shape index (κ2) is 7.96. The van der Waals surface area contributed by atoms with Gasteiger partial charge in [-0.25, -0.2) is 0 Å². The van der Waals surface area contributed by atoms with E-state index in [9.17, 15) is 0 Å². The molecule has 0 radical (unpaired) electrons. The molecule has 0 fully saturated rings. The third-order valence-corrected chi connectivity index (χ3v) is 6.55. The lowest BCUT2D eigenvalue weighted by molar-refractivity contribution is 0.121. The molecular weight excluding hydrogens is 382 g/mol. The Balaban J connectivity index is 1.78. The maximum Gasteiger partial charge on any atom is 0.127 e. The van der Waals surface area contributed by atoms with Crippen LogP contribution < -0.4 is 14.4 Å². The molecule has 0 aliphatic carbocycles. The predicted octanol–water partition coefficient (Wildman–Crippen LogP) is 6.56. The second-order valence-corrected chi connectivity index (χ2v) is 9.35. The van der Waals surface area contributed by atoms with Crippen molar-refractivity contribution in [3.63, 3.8) is 0 Å². The number of hydrogen-bond acceptors (Lipinski definition) is 3. The van der Waals surface area contributed by atoms with Crippen LogP contribution in [0.15, 0.2) is 54.6 Å². The van der Waals surface area contributed by atoms with Gasteiger partial charge in [0.05, 0.1) is 5.92 Å². The van der Waals surface area contributed by atoms with Gasteiger partial charge in [0.15, 0.2) is 0 Å². The minimum absolute atomic E-state index is 0.150. The molecule has 1 aliphatic heterocycles. The first-order valence-electron chi connectivity index (χ1n) is 11.0. The molecule has 3 heteroatoms. The van der Waals surface area contributed by atoms with E-state index in [1.807, 2.05) is 6.07 Å². The first-order valence-corrected chi connectivity index (χ1v) is 11.0. The number of anilines is 1. The van der Waals surface area contributed by atoms with Gasteiger partial charge in [0.25, 0.3) is 0 Å². The van der Waals surface area contributed by atoms with Crippen LogP contribution in [-0.4, -0.2) is 19.7 Å². The maximum atomic E-state index is 6.58. The standard InChI is InChI=1S/C28H33NO2/c1-18-19(2)27-24(20(3)26(18)30-17-21-11-9-8-10-12-21)25(28(4,5)31-27)22-13-15-23(16-14-22)29(6)7/h8-16,25H,17H2,1-7H3. The monoisotopic (exact) mass is 415 g/mol. The fraction of sp³-hybridized carbons (Fsp3) is 0.357. The zero-order chi connectivity index (χ0) is 22.3. The smallest absolute Gasteiger partial charge is 0.127 e. The molecule has 0 spiro atoms. The Hall–Kier alpha value is -2.94. The Labute approximate surface area is 186 Å². The summed E-state index contributed by atoms with van der Waals surface area (Å²) in [6, 6.07) is 19.2. The molecule has 0 amide bonds. The third-order valence-electron chi connectivity index (χ3n) is 6.55. The Bertz CT molecular complexity index is 1080. The summed E-state index contributed by atoms with van der Waals surface area (Å²) in [5.74, 6) is 2.15. The van der Waals surface area contributed by atoms with Gasteiger partial charge >= 0.3 is 0 Å². The van der Waals surface area contributed by atoms with Gasteiger partial charge in [-0.15, -0.1) is 0 Å². The summed E-state index contributed by atoms with van der Waals surface area (Å²) in [6.07, 6.45) is 0. The van der Waals surface area contributed by atoms with Crippen LogP contribution in [0.3, 0.4) is 0 Å². The van der Waals surface area contributed by atoms with Gasteiger partial charge in [-0.05, 0) is 74.6 Å². The van der Waals surface area contributed by atoms with Crippen LogP contribution in [0, 0.1) is 20.8 Å². The third kappa shape index (κ3) is 3.78. The molecule has 1 atom stereocenters. The summed E-state index contributed by atoms with van der Waals surface area (Å²) >= 11 is 0. The van der Waals surface area contributed by atoms with Gasteiger partial charge in [0, 0.05) is 25.3 Å².